The number of aromatic nitrogens is 2. The molecule has 0 aliphatic rings. The number of anilines is 1. The van der Waals surface area contributed by atoms with E-state index in [0.29, 0.717) is 0 Å². The largest absolute Gasteiger partial charge is 0.477 e. The highest BCUT2D eigenvalue weighted by molar-refractivity contribution is 6.32. The van der Waals surface area contributed by atoms with Crippen LogP contribution in [0.25, 0.3) is 5.69 Å². The number of hydrogen-bond donors (Lipinski definition) is 2. The lowest BCUT2D eigenvalue weighted by Gasteiger charge is -2.20. The highest BCUT2D eigenvalue weighted by Gasteiger charge is 2.24. The van der Waals surface area contributed by atoms with Crippen molar-refractivity contribution in [2.75, 3.05) is 5.32 Å². The van der Waals surface area contributed by atoms with Gasteiger partial charge in [0.2, 0.25) is 0 Å². The normalized spacial score (nSPS) is 11.2. The van der Waals surface area contributed by atoms with Crippen molar-refractivity contribution in [1.29, 1.82) is 0 Å². The number of carbonyl (C=O) groups excluding carboxylic acids is 1. The lowest BCUT2D eigenvalue weighted by atomic mass is 10.2. The zero-order chi connectivity index (χ0) is 18.1. The number of carboxylic acids is 1. The van der Waals surface area contributed by atoms with Gasteiger partial charge in [-0.1, -0.05) is 11.6 Å². The topological polar surface area (TPSA) is 93.4 Å². The summed E-state index contributed by atoms with van der Waals surface area (Å²) in [7, 11) is 0. The average molecular weight is 356 g/mol. The molecule has 0 aliphatic carbocycles. The monoisotopic (exact) mass is 355 g/mol. The SMILES string of the molecule is CC(C)(C)OC(=O)Nc1c(C(=O)O)cnn1-c1cc(F)ccc1Cl. The van der Waals surface area contributed by atoms with E-state index in [9.17, 15) is 19.1 Å². The van der Waals surface area contributed by atoms with Crippen LogP contribution in [0, 0.1) is 5.82 Å². The van der Waals surface area contributed by atoms with Gasteiger partial charge in [-0.15, -0.1) is 0 Å². The molecule has 0 unspecified atom stereocenters. The molecule has 128 valence electrons. The fourth-order valence-corrected chi connectivity index (χ4v) is 2.05. The molecule has 0 fully saturated rings. The maximum Gasteiger partial charge on any atom is 0.413 e. The minimum Gasteiger partial charge on any atom is -0.477 e. The minimum absolute atomic E-state index is 0.0789. The second-order valence-electron chi connectivity index (χ2n) is 5.85. The summed E-state index contributed by atoms with van der Waals surface area (Å²) in [5.41, 5.74) is -0.995. The Hall–Kier alpha value is -2.61. The Bertz CT molecular complexity index is 799. The molecule has 0 saturated carbocycles. The van der Waals surface area contributed by atoms with E-state index in [2.05, 4.69) is 10.4 Å². The van der Waals surface area contributed by atoms with Crippen LogP contribution in [0.15, 0.2) is 24.4 Å². The standard InChI is InChI=1S/C15H15ClFN3O4/c1-15(2,3)24-14(23)19-12-9(13(21)22)7-18-20(12)11-6-8(17)4-5-10(11)16/h4-7H,1-3H3,(H,19,23)(H,21,22). The third-order valence-corrected chi connectivity index (χ3v) is 3.07. The maximum absolute atomic E-state index is 13.5. The van der Waals surface area contributed by atoms with Crippen molar-refractivity contribution in [3.05, 3.63) is 40.8 Å². The number of halogens is 2. The summed E-state index contributed by atoms with van der Waals surface area (Å²) >= 11 is 6.02. The first-order valence-electron chi connectivity index (χ1n) is 6.85. The Morgan fingerprint density at radius 2 is 2.04 bits per heavy atom. The molecule has 0 bridgehead atoms. The second kappa shape index (κ2) is 6.48. The number of carboxylic acid groups (broad SMARTS) is 1. The van der Waals surface area contributed by atoms with Gasteiger partial charge in [0.25, 0.3) is 0 Å². The van der Waals surface area contributed by atoms with Crippen LogP contribution in [0.2, 0.25) is 5.02 Å². The molecule has 0 saturated heterocycles. The van der Waals surface area contributed by atoms with Crippen molar-refractivity contribution < 1.29 is 23.8 Å². The Morgan fingerprint density at radius 1 is 1.38 bits per heavy atom. The smallest absolute Gasteiger partial charge is 0.413 e. The van der Waals surface area contributed by atoms with Gasteiger partial charge in [0.1, 0.15) is 17.0 Å². The van der Waals surface area contributed by atoms with Gasteiger partial charge in [-0.05, 0) is 32.9 Å². The van der Waals surface area contributed by atoms with Crippen LogP contribution in [-0.4, -0.2) is 32.6 Å². The molecule has 1 amide bonds. The number of rotatable bonds is 3. The van der Waals surface area contributed by atoms with Gasteiger partial charge in [-0.2, -0.15) is 5.10 Å². The molecule has 2 aromatic rings. The summed E-state index contributed by atoms with van der Waals surface area (Å²) in [6.07, 6.45) is 0.148. The maximum atomic E-state index is 13.5. The zero-order valence-electron chi connectivity index (χ0n) is 13.1. The quantitative estimate of drug-likeness (QED) is 0.875. The first-order valence-corrected chi connectivity index (χ1v) is 7.23. The van der Waals surface area contributed by atoms with E-state index in [-0.39, 0.29) is 22.1 Å². The lowest BCUT2D eigenvalue weighted by Crippen LogP contribution is -2.28. The number of benzene rings is 1. The number of carbonyl (C=O) groups is 2. The molecule has 0 radical (unpaired) electrons. The third-order valence-electron chi connectivity index (χ3n) is 2.76. The molecule has 2 rings (SSSR count). The summed E-state index contributed by atoms with van der Waals surface area (Å²) in [5.74, 6) is -2.10. The Kier molecular flexibility index (Phi) is 4.79. The van der Waals surface area contributed by atoms with E-state index in [1.807, 2.05) is 0 Å². The Balaban J connectivity index is 2.49. The van der Waals surface area contributed by atoms with Crippen LogP contribution >= 0.6 is 11.6 Å². The van der Waals surface area contributed by atoms with Crippen LogP contribution in [0.1, 0.15) is 31.1 Å². The van der Waals surface area contributed by atoms with E-state index < -0.39 is 23.5 Å². The van der Waals surface area contributed by atoms with Crippen molar-refractivity contribution in [2.45, 2.75) is 26.4 Å². The van der Waals surface area contributed by atoms with Crippen molar-refractivity contribution >= 4 is 29.5 Å². The number of aromatic carboxylic acids is 1. The first kappa shape index (κ1) is 17.7. The molecule has 7 nitrogen and oxygen atoms in total. The lowest BCUT2D eigenvalue weighted by molar-refractivity contribution is 0.0635. The van der Waals surface area contributed by atoms with Crippen molar-refractivity contribution in [2.24, 2.45) is 0 Å². The highest BCUT2D eigenvalue weighted by atomic mass is 35.5. The molecule has 2 N–H and O–H groups in total. The number of hydrogen-bond acceptors (Lipinski definition) is 4. The summed E-state index contributed by atoms with van der Waals surface area (Å²) in [5, 5.41) is 15.6. The molecule has 0 spiro atoms. The van der Waals surface area contributed by atoms with Gasteiger partial charge < -0.3 is 9.84 Å². The van der Waals surface area contributed by atoms with Crippen LogP contribution < -0.4 is 5.32 Å². The van der Waals surface area contributed by atoms with Crippen LogP contribution in [0.5, 0.6) is 0 Å². The highest BCUT2D eigenvalue weighted by Crippen LogP contribution is 2.27. The van der Waals surface area contributed by atoms with Crippen molar-refractivity contribution in [1.82, 2.24) is 9.78 Å². The summed E-state index contributed by atoms with van der Waals surface area (Å²) in [6, 6.07) is 3.52. The second-order valence-corrected chi connectivity index (χ2v) is 6.25. The minimum atomic E-state index is -1.32. The predicted octanol–water partition coefficient (Wildman–Crippen LogP) is 3.71. The fourth-order valence-electron chi connectivity index (χ4n) is 1.86. The molecule has 1 aromatic carbocycles. The van der Waals surface area contributed by atoms with E-state index in [4.69, 9.17) is 16.3 Å². The van der Waals surface area contributed by atoms with E-state index >= 15 is 0 Å². The van der Waals surface area contributed by atoms with E-state index in [1.54, 1.807) is 20.8 Å². The van der Waals surface area contributed by atoms with Gasteiger partial charge in [0, 0.05) is 6.07 Å². The summed E-state index contributed by atoms with van der Waals surface area (Å²) in [4.78, 5) is 23.3. The Morgan fingerprint density at radius 3 is 2.62 bits per heavy atom. The van der Waals surface area contributed by atoms with Gasteiger partial charge in [-0.3, -0.25) is 5.32 Å². The van der Waals surface area contributed by atoms with E-state index in [0.717, 1.165) is 23.0 Å². The molecule has 1 aromatic heterocycles. The molecule has 1 heterocycles. The van der Waals surface area contributed by atoms with E-state index in [1.165, 1.54) is 6.07 Å². The summed E-state index contributed by atoms with van der Waals surface area (Å²) in [6.45, 7) is 4.97. The van der Waals surface area contributed by atoms with Gasteiger partial charge in [0.05, 0.1) is 16.9 Å². The van der Waals surface area contributed by atoms with Gasteiger partial charge in [0.15, 0.2) is 5.82 Å². The number of amides is 1. The molecule has 24 heavy (non-hydrogen) atoms. The van der Waals surface area contributed by atoms with Crippen LogP contribution in [0.3, 0.4) is 0 Å². The summed E-state index contributed by atoms with van der Waals surface area (Å²) < 4.78 is 19.6. The Labute approximate surface area is 142 Å². The number of nitrogens with zero attached hydrogens (tertiary/aromatic N) is 2. The predicted molar refractivity (Wildman–Crippen MR) is 85.3 cm³/mol. The molecule has 0 atom stereocenters. The number of ether oxygens (including phenoxy) is 1. The zero-order valence-corrected chi connectivity index (χ0v) is 13.9. The average Bonchev–Trinajstić information content (AvgIpc) is 2.83. The van der Waals surface area contributed by atoms with Gasteiger partial charge in [-0.25, -0.2) is 18.7 Å². The fraction of sp³-hybridized carbons (Fsp3) is 0.267. The number of nitrogens with one attached hydrogen (secondary N) is 1. The van der Waals surface area contributed by atoms with Crippen LogP contribution in [-0.2, 0) is 4.74 Å². The first-order chi connectivity index (χ1) is 11.1. The van der Waals surface area contributed by atoms with Crippen molar-refractivity contribution in [3.8, 4) is 5.69 Å². The van der Waals surface area contributed by atoms with Gasteiger partial charge >= 0.3 is 12.1 Å². The molecule has 9 heteroatoms. The third kappa shape index (κ3) is 4.02. The molecular formula is C15H15ClFN3O4. The molecule has 0 aliphatic heterocycles. The molecular weight excluding hydrogens is 341 g/mol. The van der Waals surface area contributed by atoms with Crippen LogP contribution in [0.4, 0.5) is 15.0 Å². The van der Waals surface area contributed by atoms with Crippen molar-refractivity contribution in [3.63, 3.8) is 0 Å².